The summed E-state index contributed by atoms with van der Waals surface area (Å²) in [5.41, 5.74) is 2.65. The Balaban J connectivity index is 0.000000479. The predicted molar refractivity (Wildman–Crippen MR) is 125 cm³/mol. The molecule has 0 aromatic heterocycles. The highest BCUT2D eigenvalue weighted by atomic mass is 32.3. The van der Waals surface area contributed by atoms with E-state index in [2.05, 4.69) is 104 Å². The van der Waals surface area contributed by atoms with Crippen LogP contribution in [0.15, 0.2) is 86.0 Å². The van der Waals surface area contributed by atoms with E-state index in [9.17, 15) is 0 Å². The molecule has 2 aromatic carbocycles. The van der Waals surface area contributed by atoms with Crippen molar-refractivity contribution in [3.8, 4) is 0 Å². The Hall–Kier alpha value is -2.29. The third-order valence-electron chi connectivity index (χ3n) is 4.40. The second kappa shape index (κ2) is 12.5. The van der Waals surface area contributed by atoms with Crippen molar-refractivity contribution in [2.24, 2.45) is 0 Å². The molecule has 0 heterocycles. The average Bonchev–Trinajstić information content (AvgIpc) is 2.61. The summed E-state index contributed by atoms with van der Waals surface area (Å²) in [6.07, 6.45) is 4.02. The number of hydrogen-bond acceptors (Lipinski definition) is 4. The van der Waals surface area contributed by atoms with Crippen LogP contribution in [0, 0.1) is 0 Å². The van der Waals surface area contributed by atoms with Crippen LogP contribution in [0.2, 0.25) is 0 Å². The van der Waals surface area contributed by atoms with E-state index in [0.29, 0.717) is 12.1 Å². The fourth-order valence-electron chi connectivity index (χ4n) is 3.10. The third kappa shape index (κ3) is 12.9. The smallest absolute Gasteiger partial charge is 0.133 e. The predicted octanol–water partition coefficient (Wildman–Crippen LogP) is 3.90. The maximum atomic E-state index is 8.52. The SMILES string of the molecule is C=CC(c1ccccc1)[N+](C)(C)C.C=CC(c1ccccc1)[N+](C)(C)C.O=S(=O)([O-])[O-]. The zero-order valence-electron chi connectivity index (χ0n) is 19.4. The summed E-state index contributed by atoms with van der Waals surface area (Å²) < 4.78 is 35.8. The molecule has 2 aromatic rings. The van der Waals surface area contributed by atoms with Gasteiger partial charge in [0.05, 0.1) is 42.3 Å². The largest absolute Gasteiger partial charge is 0.759 e. The van der Waals surface area contributed by atoms with Crippen molar-refractivity contribution < 1.29 is 26.5 Å². The minimum atomic E-state index is -5.17. The third-order valence-corrected chi connectivity index (χ3v) is 4.40. The highest BCUT2D eigenvalue weighted by Gasteiger charge is 2.22. The fraction of sp³-hybridized carbons (Fsp3) is 0.333. The van der Waals surface area contributed by atoms with Gasteiger partial charge in [0.25, 0.3) is 0 Å². The maximum absolute atomic E-state index is 8.52. The van der Waals surface area contributed by atoms with Gasteiger partial charge in [-0.3, -0.25) is 8.42 Å². The first-order valence-electron chi connectivity index (χ1n) is 9.75. The normalized spacial score (nSPS) is 13.4. The molecule has 0 saturated carbocycles. The summed E-state index contributed by atoms with van der Waals surface area (Å²) in [5, 5.41) is 0. The Bertz CT molecular complexity index is 815. The maximum Gasteiger partial charge on any atom is 0.133 e. The zero-order chi connectivity index (χ0) is 24.3. The number of benzene rings is 2. The lowest BCUT2D eigenvalue weighted by Gasteiger charge is -2.32. The number of nitrogens with zero attached hydrogens (tertiary/aromatic N) is 2. The molecule has 0 bridgehead atoms. The summed E-state index contributed by atoms with van der Waals surface area (Å²) in [5.74, 6) is 0. The molecule has 0 aliphatic heterocycles. The molecule has 2 atom stereocenters. The van der Waals surface area contributed by atoms with E-state index in [4.69, 9.17) is 17.5 Å². The van der Waals surface area contributed by atoms with E-state index in [1.54, 1.807) is 0 Å². The van der Waals surface area contributed by atoms with Gasteiger partial charge in [-0.15, -0.1) is 0 Å². The quantitative estimate of drug-likeness (QED) is 0.290. The fourth-order valence-corrected chi connectivity index (χ4v) is 3.10. The van der Waals surface area contributed by atoms with Crippen LogP contribution in [-0.4, -0.2) is 68.8 Å². The van der Waals surface area contributed by atoms with Crippen LogP contribution >= 0.6 is 0 Å². The standard InChI is InChI=1S/2C12H18N.H2O4S/c2*1-5-12(13(2,3)4)11-9-7-6-8-10-11;1-5(2,3)4/h2*5-10,12H,1H2,2-4H3;(H2,1,2,3,4)/q2*+1;/p-2. The zero-order valence-corrected chi connectivity index (χ0v) is 20.2. The molecular weight excluding hydrogens is 412 g/mol. The summed E-state index contributed by atoms with van der Waals surface area (Å²) in [7, 11) is 7.91. The monoisotopic (exact) mass is 448 g/mol. The minimum Gasteiger partial charge on any atom is -0.759 e. The topological polar surface area (TPSA) is 80.3 Å². The van der Waals surface area contributed by atoms with Gasteiger partial charge >= 0.3 is 0 Å². The molecule has 2 rings (SSSR count). The molecule has 7 heteroatoms. The molecule has 2 unspecified atom stereocenters. The van der Waals surface area contributed by atoms with Crippen LogP contribution in [0.5, 0.6) is 0 Å². The average molecular weight is 449 g/mol. The molecule has 172 valence electrons. The van der Waals surface area contributed by atoms with Gasteiger partial charge in [0, 0.05) is 21.5 Å². The van der Waals surface area contributed by atoms with Gasteiger partial charge in [0.15, 0.2) is 0 Å². The first kappa shape index (κ1) is 28.7. The molecule has 31 heavy (non-hydrogen) atoms. The van der Waals surface area contributed by atoms with Crippen molar-refractivity contribution in [3.05, 3.63) is 97.1 Å². The van der Waals surface area contributed by atoms with Crippen molar-refractivity contribution >= 4 is 10.4 Å². The second-order valence-electron chi connectivity index (χ2n) is 8.82. The number of rotatable bonds is 6. The van der Waals surface area contributed by atoms with Crippen molar-refractivity contribution in [1.82, 2.24) is 0 Å². The van der Waals surface area contributed by atoms with Crippen molar-refractivity contribution in [3.63, 3.8) is 0 Å². The van der Waals surface area contributed by atoms with Gasteiger partial charge in [-0.25, -0.2) is 0 Å². The molecule has 6 nitrogen and oxygen atoms in total. The molecule has 0 amide bonds. The summed E-state index contributed by atoms with van der Waals surface area (Å²) >= 11 is 0. The molecular formula is C24H36N2O4S. The highest BCUT2D eigenvalue weighted by molar-refractivity contribution is 7.79. The Kier molecular flexibility index (Phi) is 11.6. The Morgan fingerprint density at radius 1 is 0.677 bits per heavy atom. The number of quaternary nitrogens is 2. The van der Waals surface area contributed by atoms with E-state index < -0.39 is 10.4 Å². The summed E-state index contributed by atoms with van der Waals surface area (Å²) in [6.45, 7) is 7.78. The van der Waals surface area contributed by atoms with E-state index in [1.807, 2.05) is 24.3 Å². The van der Waals surface area contributed by atoms with E-state index in [1.165, 1.54) is 11.1 Å². The van der Waals surface area contributed by atoms with Crippen LogP contribution in [0.1, 0.15) is 23.2 Å². The van der Waals surface area contributed by atoms with Crippen LogP contribution in [-0.2, 0) is 10.4 Å². The molecule has 0 aliphatic rings. The first-order chi connectivity index (χ1) is 14.1. The molecule has 0 radical (unpaired) electrons. The Morgan fingerprint density at radius 3 is 1.06 bits per heavy atom. The Morgan fingerprint density at radius 2 is 0.903 bits per heavy atom. The lowest BCUT2D eigenvalue weighted by atomic mass is 10.1. The highest BCUT2D eigenvalue weighted by Crippen LogP contribution is 2.24. The van der Waals surface area contributed by atoms with E-state index >= 15 is 0 Å². The van der Waals surface area contributed by atoms with Crippen molar-refractivity contribution in [2.45, 2.75) is 12.1 Å². The van der Waals surface area contributed by atoms with Gasteiger partial charge < -0.3 is 18.1 Å². The molecule has 0 saturated heterocycles. The lowest BCUT2D eigenvalue weighted by Crippen LogP contribution is -2.37. The summed E-state index contributed by atoms with van der Waals surface area (Å²) in [6, 6.07) is 21.7. The van der Waals surface area contributed by atoms with E-state index in [0.717, 1.165) is 8.97 Å². The van der Waals surface area contributed by atoms with Gasteiger partial charge in [0.1, 0.15) is 12.1 Å². The van der Waals surface area contributed by atoms with Gasteiger partial charge in [0.2, 0.25) is 0 Å². The van der Waals surface area contributed by atoms with Crippen molar-refractivity contribution in [2.75, 3.05) is 42.3 Å². The number of likely N-dealkylation sites (N-methyl/N-ethyl adjacent to an activating group) is 2. The van der Waals surface area contributed by atoms with Crippen LogP contribution in [0.3, 0.4) is 0 Å². The molecule has 0 aliphatic carbocycles. The van der Waals surface area contributed by atoms with E-state index in [-0.39, 0.29) is 0 Å². The van der Waals surface area contributed by atoms with Crippen molar-refractivity contribution in [1.29, 1.82) is 0 Å². The van der Waals surface area contributed by atoms with Crippen LogP contribution < -0.4 is 0 Å². The van der Waals surface area contributed by atoms with Gasteiger partial charge in [-0.1, -0.05) is 73.8 Å². The Labute approximate surface area is 188 Å². The van der Waals surface area contributed by atoms with Crippen LogP contribution in [0.25, 0.3) is 0 Å². The van der Waals surface area contributed by atoms with Gasteiger partial charge in [-0.05, 0) is 12.2 Å². The summed E-state index contributed by atoms with van der Waals surface area (Å²) in [4.78, 5) is 0. The minimum absolute atomic E-state index is 0.376. The first-order valence-corrected chi connectivity index (χ1v) is 11.1. The lowest BCUT2D eigenvalue weighted by molar-refractivity contribution is -0.895. The van der Waals surface area contributed by atoms with Crippen LogP contribution in [0.4, 0.5) is 0 Å². The molecule has 0 N–H and O–H groups in total. The van der Waals surface area contributed by atoms with Gasteiger partial charge in [-0.2, -0.15) is 0 Å². The molecule has 0 fully saturated rings. The molecule has 0 spiro atoms. The number of hydrogen-bond donors (Lipinski definition) is 0. The second-order valence-corrected chi connectivity index (χ2v) is 9.64.